The van der Waals surface area contributed by atoms with Gasteiger partial charge >= 0.3 is 0 Å². The number of piperidine rings is 2. The van der Waals surface area contributed by atoms with Crippen LogP contribution in [0.1, 0.15) is 19.3 Å². The first kappa shape index (κ1) is 7.90. The lowest BCUT2D eigenvalue weighted by Gasteiger charge is -2.39. The number of thiol groups is 1. The molecule has 0 radical (unpaired) electrons. The van der Waals surface area contributed by atoms with E-state index in [1.165, 1.54) is 32.4 Å². The highest BCUT2D eigenvalue weighted by Gasteiger charge is 2.29. The van der Waals surface area contributed by atoms with Crippen molar-refractivity contribution in [2.75, 3.05) is 19.6 Å². The van der Waals surface area contributed by atoms with Gasteiger partial charge in [-0.25, -0.2) is 0 Å². The van der Waals surface area contributed by atoms with Crippen molar-refractivity contribution < 1.29 is 0 Å². The van der Waals surface area contributed by atoms with Crippen LogP contribution in [0.2, 0.25) is 0 Å². The summed E-state index contributed by atoms with van der Waals surface area (Å²) in [4.78, 5) is 0. The molecule has 0 bridgehead atoms. The standard InChI is InChI=1S/C8H16N2S/c11-10-5-3-8-7(6-10)2-1-4-9-8/h7-9,11H,1-6H2. The fourth-order valence-electron chi connectivity index (χ4n) is 2.23. The molecule has 2 atom stereocenters. The zero-order valence-corrected chi connectivity index (χ0v) is 7.69. The van der Waals surface area contributed by atoms with E-state index in [-0.39, 0.29) is 0 Å². The van der Waals surface area contributed by atoms with Crippen LogP contribution in [0, 0.1) is 5.92 Å². The Morgan fingerprint density at radius 2 is 2.27 bits per heavy atom. The fourth-order valence-corrected chi connectivity index (χ4v) is 2.55. The second-order valence-corrected chi connectivity index (χ2v) is 4.23. The summed E-state index contributed by atoms with van der Waals surface area (Å²) >= 11 is 4.38. The van der Waals surface area contributed by atoms with Crippen LogP contribution in [0.3, 0.4) is 0 Å². The van der Waals surface area contributed by atoms with Gasteiger partial charge < -0.3 is 5.32 Å². The van der Waals surface area contributed by atoms with Crippen molar-refractivity contribution in [3.63, 3.8) is 0 Å². The van der Waals surface area contributed by atoms with Crippen molar-refractivity contribution in [2.24, 2.45) is 5.92 Å². The Morgan fingerprint density at radius 3 is 3.18 bits per heavy atom. The molecule has 2 rings (SSSR count). The fraction of sp³-hybridized carbons (Fsp3) is 1.00. The van der Waals surface area contributed by atoms with Gasteiger partial charge in [-0.1, -0.05) is 12.8 Å². The largest absolute Gasteiger partial charge is 0.314 e. The molecule has 0 amide bonds. The first-order valence-corrected chi connectivity index (χ1v) is 4.93. The van der Waals surface area contributed by atoms with Crippen LogP contribution in [0.15, 0.2) is 0 Å². The van der Waals surface area contributed by atoms with E-state index in [9.17, 15) is 0 Å². The van der Waals surface area contributed by atoms with Crippen LogP contribution in [0.5, 0.6) is 0 Å². The number of nitrogens with zero attached hydrogens (tertiary/aromatic N) is 1. The van der Waals surface area contributed by atoms with E-state index in [4.69, 9.17) is 0 Å². The van der Waals surface area contributed by atoms with Crippen molar-refractivity contribution in [3.05, 3.63) is 0 Å². The number of nitrogens with one attached hydrogen (secondary N) is 1. The highest BCUT2D eigenvalue weighted by atomic mass is 32.1. The quantitative estimate of drug-likeness (QED) is 0.528. The molecule has 2 heterocycles. The normalized spacial score (nSPS) is 40.1. The smallest absolute Gasteiger partial charge is 0.0130 e. The zero-order chi connectivity index (χ0) is 7.68. The number of fused-ring (bicyclic) bond motifs is 1. The second kappa shape index (κ2) is 3.33. The van der Waals surface area contributed by atoms with Gasteiger partial charge in [0.1, 0.15) is 0 Å². The third-order valence-corrected chi connectivity index (χ3v) is 3.23. The molecule has 0 aliphatic carbocycles. The van der Waals surface area contributed by atoms with Gasteiger partial charge in [0, 0.05) is 19.1 Å². The minimum absolute atomic E-state index is 0.798. The van der Waals surface area contributed by atoms with Crippen LogP contribution in [0.25, 0.3) is 0 Å². The molecule has 2 nitrogen and oxygen atoms in total. The second-order valence-electron chi connectivity index (χ2n) is 3.66. The third-order valence-electron chi connectivity index (χ3n) is 2.87. The molecule has 11 heavy (non-hydrogen) atoms. The summed E-state index contributed by atoms with van der Waals surface area (Å²) in [6.45, 7) is 3.56. The van der Waals surface area contributed by atoms with Gasteiger partial charge in [0.2, 0.25) is 0 Å². The van der Waals surface area contributed by atoms with Gasteiger partial charge in [0.15, 0.2) is 0 Å². The Morgan fingerprint density at radius 1 is 1.36 bits per heavy atom. The molecule has 2 aliphatic heterocycles. The van der Waals surface area contributed by atoms with Crippen molar-refractivity contribution >= 4 is 12.8 Å². The summed E-state index contributed by atoms with van der Waals surface area (Å²) in [6, 6.07) is 0.798. The molecule has 2 saturated heterocycles. The predicted octanol–water partition coefficient (Wildman–Crippen LogP) is 0.905. The first-order valence-electron chi connectivity index (χ1n) is 4.53. The van der Waals surface area contributed by atoms with E-state index >= 15 is 0 Å². The monoisotopic (exact) mass is 172 g/mol. The summed E-state index contributed by atoms with van der Waals surface area (Å²) in [6.07, 6.45) is 4.03. The van der Waals surface area contributed by atoms with E-state index < -0.39 is 0 Å². The van der Waals surface area contributed by atoms with E-state index in [0.717, 1.165) is 18.5 Å². The maximum absolute atomic E-state index is 4.38. The minimum atomic E-state index is 0.798. The van der Waals surface area contributed by atoms with E-state index in [0.29, 0.717) is 0 Å². The molecule has 0 aromatic heterocycles. The third kappa shape index (κ3) is 1.71. The molecule has 0 saturated carbocycles. The van der Waals surface area contributed by atoms with Gasteiger partial charge in [-0.15, -0.1) is 0 Å². The molecular weight excluding hydrogens is 156 g/mol. The van der Waals surface area contributed by atoms with Gasteiger partial charge in [0.05, 0.1) is 0 Å². The molecule has 2 fully saturated rings. The maximum atomic E-state index is 4.38. The Bertz CT molecular complexity index is 140. The van der Waals surface area contributed by atoms with Crippen LogP contribution < -0.4 is 5.32 Å². The average Bonchev–Trinajstić information content (AvgIpc) is 2.04. The van der Waals surface area contributed by atoms with Crippen molar-refractivity contribution in [1.29, 1.82) is 0 Å². The zero-order valence-electron chi connectivity index (χ0n) is 6.79. The number of hydrogen-bond acceptors (Lipinski definition) is 3. The highest BCUT2D eigenvalue weighted by molar-refractivity contribution is 7.77. The van der Waals surface area contributed by atoms with Crippen LogP contribution >= 0.6 is 12.8 Å². The van der Waals surface area contributed by atoms with Crippen LogP contribution in [-0.2, 0) is 0 Å². The Kier molecular flexibility index (Phi) is 2.39. The summed E-state index contributed by atoms with van der Waals surface area (Å²) < 4.78 is 2.16. The Labute approximate surface area is 73.9 Å². The molecular formula is C8H16N2S. The summed E-state index contributed by atoms with van der Waals surface area (Å²) in [5, 5.41) is 3.58. The minimum Gasteiger partial charge on any atom is -0.314 e. The van der Waals surface area contributed by atoms with E-state index in [2.05, 4.69) is 22.4 Å². The summed E-state index contributed by atoms with van der Waals surface area (Å²) in [7, 11) is 0. The van der Waals surface area contributed by atoms with Crippen molar-refractivity contribution in [1.82, 2.24) is 9.62 Å². The van der Waals surface area contributed by atoms with E-state index in [1.54, 1.807) is 0 Å². The predicted molar refractivity (Wildman–Crippen MR) is 49.7 cm³/mol. The lowest BCUT2D eigenvalue weighted by atomic mass is 9.86. The lowest BCUT2D eigenvalue weighted by molar-refractivity contribution is 0.180. The lowest BCUT2D eigenvalue weighted by Crippen LogP contribution is -2.49. The highest BCUT2D eigenvalue weighted by Crippen LogP contribution is 2.25. The summed E-state index contributed by atoms with van der Waals surface area (Å²) in [5.74, 6) is 0.870. The maximum Gasteiger partial charge on any atom is 0.0130 e. The average molecular weight is 172 g/mol. The molecule has 0 aromatic rings. The number of rotatable bonds is 0. The van der Waals surface area contributed by atoms with Gasteiger partial charge in [-0.05, 0) is 31.7 Å². The number of hydrogen-bond donors (Lipinski definition) is 2. The molecule has 0 aromatic carbocycles. The summed E-state index contributed by atoms with van der Waals surface area (Å²) in [5.41, 5.74) is 0. The molecule has 2 unspecified atom stereocenters. The molecule has 2 aliphatic rings. The van der Waals surface area contributed by atoms with Gasteiger partial charge in [-0.3, -0.25) is 4.31 Å². The van der Waals surface area contributed by atoms with Gasteiger partial charge in [-0.2, -0.15) is 0 Å². The Balaban J connectivity index is 1.93. The Hall–Kier alpha value is 0.270. The molecule has 0 spiro atoms. The van der Waals surface area contributed by atoms with Crippen LogP contribution in [0.4, 0.5) is 0 Å². The molecule has 64 valence electrons. The van der Waals surface area contributed by atoms with E-state index in [1.807, 2.05) is 0 Å². The SMILES string of the molecule is SN1CCC2NCCCC2C1. The topological polar surface area (TPSA) is 15.3 Å². The van der Waals surface area contributed by atoms with Gasteiger partial charge in [0.25, 0.3) is 0 Å². The van der Waals surface area contributed by atoms with Crippen LogP contribution in [-0.4, -0.2) is 30.0 Å². The van der Waals surface area contributed by atoms with Crippen molar-refractivity contribution in [3.8, 4) is 0 Å². The van der Waals surface area contributed by atoms with Crippen molar-refractivity contribution in [2.45, 2.75) is 25.3 Å². The molecule has 1 N–H and O–H groups in total. The first-order chi connectivity index (χ1) is 5.36. The molecule has 3 heteroatoms.